The number of amides is 1. The van der Waals surface area contributed by atoms with Crippen LogP contribution in [0.15, 0.2) is 34.9 Å². The van der Waals surface area contributed by atoms with Crippen LogP contribution in [0.1, 0.15) is 38.5 Å². The first-order chi connectivity index (χ1) is 12.0. The van der Waals surface area contributed by atoms with E-state index in [0.717, 1.165) is 42.2 Å². The van der Waals surface area contributed by atoms with Crippen molar-refractivity contribution in [3.8, 4) is 0 Å². The van der Waals surface area contributed by atoms with Crippen molar-refractivity contribution < 1.29 is 9.90 Å². The molecular weight excluding hydrogens is 380 g/mol. The van der Waals surface area contributed by atoms with Gasteiger partial charge in [0, 0.05) is 48.2 Å². The van der Waals surface area contributed by atoms with Gasteiger partial charge in [0.1, 0.15) is 0 Å². The van der Waals surface area contributed by atoms with Crippen molar-refractivity contribution in [1.82, 2.24) is 9.47 Å². The number of rotatable bonds is 3. The molecule has 4 nitrogen and oxygen atoms in total. The van der Waals surface area contributed by atoms with Gasteiger partial charge in [-0.25, -0.2) is 0 Å². The van der Waals surface area contributed by atoms with Crippen LogP contribution in [0.5, 0.6) is 0 Å². The maximum atomic E-state index is 12.7. The Bertz CT molecular complexity index is 787. The third-order valence-electron chi connectivity index (χ3n) is 6.08. The fraction of sp³-hybridized carbons (Fsp3) is 0.550. The lowest BCUT2D eigenvalue weighted by molar-refractivity contribution is -0.143. The quantitative estimate of drug-likeness (QED) is 0.841. The minimum absolute atomic E-state index is 0.212. The van der Waals surface area contributed by atoms with E-state index in [9.17, 15) is 9.90 Å². The number of hydrogen-bond acceptors (Lipinski definition) is 2. The molecular formula is C20H25BrN2O2. The number of hydrogen-bond donors (Lipinski definition) is 1. The first-order valence-electron chi connectivity index (χ1n) is 9.30. The number of aromatic nitrogens is 1. The minimum atomic E-state index is -0.516. The van der Waals surface area contributed by atoms with Gasteiger partial charge in [-0.2, -0.15) is 0 Å². The number of likely N-dealkylation sites (tertiary alicyclic amines) is 1. The average molecular weight is 405 g/mol. The molecule has 2 aromatic rings. The minimum Gasteiger partial charge on any atom is -0.389 e. The fourth-order valence-electron chi connectivity index (χ4n) is 4.52. The zero-order chi connectivity index (χ0) is 17.4. The predicted octanol–water partition coefficient (Wildman–Crippen LogP) is 3.95. The number of fused-ring (bicyclic) bond motifs is 2. The summed E-state index contributed by atoms with van der Waals surface area (Å²) in [7, 11) is 0. The Morgan fingerprint density at radius 3 is 3.04 bits per heavy atom. The van der Waals surface area contributed by atoms with Crippen LogP contribution in [0.2, 0.25) is 0 Å². The van der Waals surface area contributed by atoms with Crippen LogP contribution in [-0.2, 0) is 11.3 Å². The number of carbonyl (C=O) groups is 1. The lowest BCUT2D eigenvalue weighted by atomic mass is 9.71. The number of aliphatic hydroxyl groups is 1. The lowest BCUT2D eigenvalue weighted by Crippen LogP contribution is -2.54. The molecule has 1 aromatic carbocycles. The molecule has 2 aliphatic rings. The highest BCUT2D eigenvalue weighted by atomic mass is 79.9. The number of carbonyl (C=O) groups excluding carboxylic acids is 1. The summed E-state index contributed by atoms with van der Waals surface area (Å²) in [6.07, 6.45) is 7.57. The molecule has 25 heavy (non-hydrogen) atoms. The number of piperidine rings is 1. The Kier molecular flexibility index (Phi) is 4.63. The molecule has 1 aliphatic carbocycles. The monoisotopic (exact) mass is 404 g/mol. The number of halogens is 1. The van der Waals surface area contributed by atoms with Gasteiger partial charge in [0.05, 0.1) is 5.60 Å². The summed E-state index contributed by atoms with van der Waals surface area (Å²) < 4.78 is 3.21. The van der Waals surface area contributed by atoms with Gasteiger partial charge in [0.2, 0.25) is 5.91 Å². The summed E-state index contributed by atoms with van der Waals surface area (Å²) >= 11 is 3.52. The average Bonchev–Trinajstić information content (AvgIpc) is 3.01. The van der Waals surface area contributed by atoms with Crippen molar-refractivity contribution >= 4 is 32.7 Å². The van der Waals surface area contributed by atoms with Crippen LogP contribution >= 0.6 is 15.9 Å². The molecule has 1 aromatic heterocycles. The van der Waals surface area contributed by atoms with Crippen LogP contribution in [-0.4, -0.2) is 39.2 Å². The van der Waals surface area contributed by atoms with Gasteiger partial charge >= 0.3 is 0 Å². The highest BCUT2D eigenvalue weighted by molar-refractivity contribution is 9.10. The van der Waals surface area contributed by atoms with Crippen LogP contribution in [0.25, 0.3) is 10.9 Å². The molecule has 1 aliphatic heterocycles. The summed E-state index contributed by atoms with van der Waals surface area (Å²) in [5, 5.41) is 12.0. The van der Waals surface area contributed by atoms with E-state index in [0.29, 0.717) is 19.5 Å². The lowest BCUT2D eigenvalue weighted by Gasteiger charge is -2.47. The topological polar surface area (TPSA) is 45.5 Å². The van der Waals surface area contributed by atoms with Gasteiger partial charge in [0.25, 0.3) is 0 Å². The van der Waals surface area contributed by atoms with Crippen molar-refractivity contribution in [3.05, 3.63) is 34.9 Å². The van der Waals surface area contributed by atoms with Crippen molar-refractivity contribution in [2.24, 2.45) is 5.92 Å². The molecule has 0 unspecified atom stereocenters. The highest BCUT2D eigenvalue weighted by Gasteiger charge is 2.43. The van der Waals surface area contributed by atoms with E-state index in [4.69, 9.17) is 0 Å². The predicted molar refractivity (Wildman–Crippen MR) is 102 cm³/mol. The van der Waals surface area contributed by atoms with Crippen LogP contribution in [0, 0.1) is 5.92 Å². The number of aryl methyl sites for hydroxylation is 1. The molecule has 134 valence electrons. The second-order valence-electron chi connectivity index (χ2n) is 7.60. The van der Waals surface area contributed by atoms with Gasteiger partial charge in [-0.05, 0) is 42.8 Å². The molecule has 5 heteroatoms. The van der Waals surface area contributed by atoms with E-state index in [-0.39, 0.29) is 11.8 Å². The molecule has 2 fully saturated rings. The number of nitrogens with zero attached hydrogens (tertiary/aromatic N) is 2. The normalized spacial score (nSPS) is 26.6. The fourth-order valence-corrected chi connectivity index (χ4v) is 4.87. The number of benzene rings is 1. The zero-order valence-corrected chi connectivity index (χ0v) is 16.0. The Hall–Kier alpha value is -1.33. The molecule has 1 N–H and O–H groups in total. The van der Waals surface area contributed by atoms with E-state index in [2.05, 4.69) is 44.9 Å². The molecule has 0 spiro atoms. The third-order valence-corrected chi connectivity index (χ3v) is 6.58. The molecule has 2 atom stereocenters. The van der Waals surface area contributed by atoms with Gasteiger partial charge in [0.15, 0.2) is 0 Å². The summed E-state index contributed by atoms with van der Waals surface area (Å²) in [4.78, 5) is 14.7. The van der Waals surface area contributed by atoms with Gasteiger partial charge in [-0.1, -0.05) is 34.8 Å². The maximum Gasteiger partial charge on any atom is 0.224 e. The Labute approximate surface area is 156 Å². The second-order valence-corrected chi connectivity index (χ2v) is 8.51. The Morgan fingerprint density at radius 2 is 2.16 bits per heavy atom. The molecule has 1 saturated carbocycles. The van der Waals surface area contributed by atoms with E-state index in [1.54, 1.807) is 0 Å². The molecule has 1 saturated heterocycles. The van der Waals surface area contributed by atoms with E-state index in [1.165, 1.54) is 11.8 Å². The smallest absolute Gasteiger partial charge is 0.224 e. The molecule has 1 amide bonds. The summed E-state index contributed by atoms with van der Waals surface area (Å²) in [6, 6.07) is 8.32. The first kappa shape index (κ1) is 17.1. The van der Waals surface area contributed by atoms with Gasteiger partial charge < -0.3 is 14.6 Å². The largest absolute Gasteiger partial charge is 0.389 e. The molecule has 0 radical (unpaired) electrons. The van der Waals surface area contributed by atoms with Crippen LogP contribution in [0.3, 0.4) is 0 Å². The van der Waals surface area contributed by atoms with E-state index in [1.807, 2.05) is 11.0 Å². The van der Waals surface area contributed by atoms with Crippen molar-refractivity contribution in [1.29, 1.82) is 0 Å². The van der Waals surface area contributed by atoms with Gasteiger partial charge in [-0.15, -0.1) is 0 Å². The standard InChI is InChI=1S/C20H25BrN2O2/c21-17-5-4-15-6-10-22(18(15)13-17)11-7-19(24)23-12-9-20(25)8-2-1-3-16(20)14-23/h4-6,10,13,16,25H,1-3,7-9,11-12,14H2/t16-,20-/m0/s1. The van der Waals surface area contributed by atoms with Crippen LogP contribution in [0.4, 0.5) is 0 Å². The van der Waals surface area contributed by atoms with Crippen LogP contribution < -0.4 is 0 Å². The van der Waals surface area contributed by atoms with Gasteiger partial charge in [-0.3, -0.25) is 4.79 Å². The van der Waals surface area contributed by atoms with Crippen molar-refractivity contribution in [3.63, 3.8) is 0 Å². The Balaban J connectivity index is 1.40. The third kappa shape index (κ3) is 3.36. The first-order valence-corrected chi connectivity index (χ1v) is 10.1. The zero-order valence-electron chi connectivity index (χ0n) is 14.5. The maximum absolute atomic E-state index is 12.7. The second kappa shape index (κ2) is 6.76. The molecule has 4 rings (SSSR count). The highest BCUT2D eigenvalue weighted by Crippen LogP contribution is 2.39. The van der Waals surface area contributed by atoms with E-state index < -0.39 is 5.60 Å². The van der Waals surface area contributed by atoms with Crippen molar-refractivity contribution in [2.45, 2.75) is 50.7 Å². The summed E-state index contributed by atoms with van der Waals surface area (Å²) in [5.41, 5.74) is 0.639. The Morgan fingerprint density at radius 1 is 1.28 bits per heavy atom. The van der Waals surface area contributed by atoms with Crippen molar-refractivity contribution in [2.75, 3.05) is 13.1 Å². The van der Waals surface area contributed by atoms with E-state index >= 15 is 0 Å². The molecule has 0 bridgehead atoms. The summed E-state index contributed by atoms with van der Waals surface area (Å²) in [6.45, 7) is 2.13. The SMILES string of the molecule is O=C(CCn1ccc2ccc(Br)cc21)N1CC[C@@]2(O)CCCC[C@H]2C1. The summed E-state index contributed by atoms with van der Waals surface area (Å²) in [5.74, 6) is 0.479. The molecule has 2 heterocycles.